The highest BCUT2D eigenvalue weighted by atomic mass is 79.9. The summed E-state index contributed by atoms with van der Waals surface area (Å²) in [6.07, 6.45) is 3.29. The van der Waals surface area contributed by atoms with Crippen molar-refractivity contribution >= 4 is 34.4 Å². The number of nitrogens with zero attached hydrogens (tertiary/aromatic N) is 3. The van der Waals surface area contributed by atoms with Crippen molar-refractivity contribution in [1.29, 1.82) is 0 Å². The topological polar surface area (TPSA) is 59.1 Å². The Bertz CT molecular complexity index is 787. The van der Waals surface area contributed by atoms with Gasteiger partial charge in [-0.25, -0.2) is 5.10 Å². The molecule has 0 amide bonds. The maximum Gasteiger partial charge on any atom is 0.219 e. The molecule has 1 aromatic carbocycles. The minimum absolute atomic E-state index is 0.407. The van der Waals surface area contributed by atoms with Gasteiger partial charge in [0.25, 0.3) is 0 Å². The second-order valence-corrected chi connectivity index (χ2v) is 5.24. The molecule has 2 aromatic heterocycles. The molecule has 100 valence electrons. The van der Waals surface area contributed by atoms with E-state index < -0.39 is 0 Å². The number of aromatic amines is 1. The average Bonchev–Trinajstić information content (AvgIpc) is 3.08. The van der Waals surface area contributed by atoms with E-state index in [2.05, 4.69) is 31.2 Å². The summed E-state index contributed by atoms with van der Waals surface area (Å²) in [6.45, 7) is 0. The smallest absolute Gasteiger partial charge is 0.219 e. The van der Waals surface area contributed by atoms with Gasteiger partial charge in [-0.3, -0.25) is 0 Å². The fourth-order valence-corrected chi connectivity index (χ4v) is 2.08. The minimum atomic E-state index is 0.407. The first-order chi connectivity index (χ1) is 9.74. The lowest BCUT2D eigenvalue weighted by atomic mass is 10.2. The maximum absolute atomic E-state index is 5.31. The first-order valence-electron chi connectivity index (χ1n) is 5.75. The highest BCUT2D eigenvalue weighted by Gasteiger charge is 2.10. The van der Waals surface area contributed by atoms with E-state index in [1.807, 2.05) is 24.3 Å². The highest BCUT2D eigenvalue weighted by Crippen LogP contribution is 2.17. The first kappa shape index (κ1) is 13.0. The van der Waals surface area contributed by atoms with E-state index >= 15 is 0 Å². The Morgan fingerprint density at radius 1 is 1.30 bits per heavy atom. The lowest BCUT2D eigenvalue weighted by Gasteiger charge is -1.97. The van der Waals surface area contributed by atoms with Crippen molar-refractivity contribution in [2.24, 2.45) is 5.10 Å². The number of hydrogen-bond donors (Lipinski definition) is 1. The summed E-state index contributed by atoms with van der Waals surface area (Å²) in [5, 5.41) is 11.2. The predicted octanol–water partition coefficient (Wildman–Crippen LogP) is 3.85. The van der Waals surface area contributed by atoms with Crippen LogP contribution >= 0.6 is 28.1 Å². The molecule has 0 radical (unpaired) electrons. The van der Waals surface area contributed by atoms with Gasteiger partial charge < -0.3 is 4.42 Å². The summed E-state index contributed by atoms with van der Waals surface area (Å²) in [7, 11) is 0. The standard InChI is InChI=1S/C13H9BrN4OS/c14-10-5-3-9(4-6-10)8-15-18-12(16-17-13(18)20)11-2-1-7-19-11/h1-8H,(H,17,20). The summed E-state index contributed by atoms with van der Waals surface area (Å²) in [5.74, 6) is 1.14. The summed E-state index contributed by atoms with van der Waals surface area (Å²) >= 11 is 8.56. The molecule has 2 heterocycles. The minimum Gasteiger partial charge on any atom is -0.461 e. The number of rotatable bonds is 3. The molecule has 1 N–H and O–H groups in total. The first-order valence-corrected chi connectivity index (χ1v) is 6.95. The molecule has 3 rings (SSSR count). The molecule has 20 heavy (non-hydrogen) atoms. The third-order valence-electron chi connectivity index (χ3n) is 2.58. The molecule has 0 aliphatic heterocycles. The van der Waals surface area contributed by atoms with Crippen molar-refractivity contribution in [1.82, 2.24) is 14.9 Å². The Kier molecular flexibility index (Phi) is 3.62. The third kappa shape index (κ3) is 2.63. The number of aromatic nitrogens is 3. The predicted molar refractivity (Wildman–Crippen MR) is 82.2 cm³/mol. The largest absolute Gasteiger partial charge is 0.461 e. The van der Waals surface area contributed by atoms with Crippen LogP contribution in [-0.2, 0) is 0 Å². The van der Waals surface area contributed by atoms with Gasteiger partial charge in [0.15, 0.2) is 5.76 Å². The zero-order valence-corrected chi connectivity index (χ0v) is 12.6. The van der Waals surface area contributed by atoms with E-state index in [9.17, 15) is 0 Å². The summed E-state index contributed by atoms with van der Waals surface area (Å²) < 4.78 is 8.26. The van der Waals surface area contributed by atoms with Crippen LogP contribution < -0.4 is 0 Å². The zero-order valence-electron chi connectivity index (χ0n) is 10.2. The second-order valence-electron chi connectivity index (χ2n) is 3.94. The van der Waals surface area contributed by atoms with Crippen LogP contribution in [0, 0.1) is 4.77 Å². The monoisotopic (exact) mass is 348 g/mol. The van der Waals surface area contributed by atoms with E-state index in [0.29, 0.717) is 16.4 Å². The number of hydrogen-bond acceptors (Lipinski definition) is 4. The van der Waals surface area contributed by atoms with Crippen molar-refractivity contribution in [3.8, 4) is 11.6 Å². The van der Waals surface area contributed by atoms with Gasteiger partial charge in [-0.1, -0.05) is 28.1 Å². The lowest BCUT2D eigenvalue weighted by Crippen LogP contribution is -1.94. The number of nitrogens with one attached hydrogen (secondary N) is 1. The van der Waals surface area contributed by atoms with Crippen LogP contribution in [0.3, 0.4) is 0 Å². The van der Waals surface area contributed by atoms with Crippen molar-refractivity contribution in [2.75, 3.05) is 0 Å². The van der Waals surface area contributed by atoms with Crippen LogP contribution in [-0.4, -0.2) is 21.1 Å². The van der Waals surface area contributed by atoms with E-state index in [1.54, 1.807) is 24.6 Å². The second kappa shape index (κ2) is 5.56. The molecular weight excluding hydrogens is 340 g/mol. The number of benzene rings is 1. The van der Waals surface area contributed by atoms with Crippen molar-refractivity contribution in [2.45, 2.75) is 0 Å². The quantitative estimate of drug-likeness (QED) is 0.577. The Morgan fingerprint density at radius 3 is 2.80 bits per heavy atom. The molecule has 0 bridgehead atoms. The molecule has 0 saturated carbocycles. The van der Waals surface area contributed by atoms with E-state index in [1.165, 1.54) is 4.68 Å². The highest BCUT2D eigenvalue weighted by molar-refractivity contribution is 9.10. The van der Waals surface area contributed by atoms with Crippen molar-refractivity contribution < 1.29 is 4.42 Å². The fraction of sp³-hybridized carbons (Fsp3) is 0. The number of furan rings is 1. The normalized spacial score (nSPS) is 11.2. The van der Waals surface area contributed by atoms with Crippen LogP contribution in [0.2, 0.25) is 0 Å². The summed E-state index contributed by atoms with van der Waals surface area (Å²) in [4.78, 5) is 0. The van der Waals surface area contributed by atoms with Crippen LogP contribution in [0.5, 0.6) is 0 Å². The molecular formula is C13H9BrN4OS. The van der Waals surface area contributed by atoms with Gasteiger partial charge in [0.05, 0.1) is 12.5 Å². The molecule has 0 saturated heterocycles. The van der Waals surface area contributed by atoms with Gasteiger partial charge in [-0.15, -0.1) is 5.10 Å². The van der Waals surface area contributed by atoms with Crippen LogP contribution in [0.15, 0.2) is 56.7 Å². The summed E-state index contributed by atoms with van der Waals surface area (Å²) in [5.41, 5.74) is 0.960. The molecule has 0 fully saturated rings. The van der Waals surface area contributed by atoms with Gasteiger partial charge in [0, 0.05) is 4.47 Å². The Morgan fingerprint density at radius 2 is 2.10 bits per heavy atom. The van der Waals surface area contributed by atoms with Gasteiger partial charge in [0.1, 0.15) is 0 Å². The Labute approximate surface area is 128 Å². The average molecular weight is 349 g/mol. The van der Waals surface area contributed by atoms with Crippen molar-refractivity contribution in [3.05, 3.63) is 57.5 Å². The molecule has 5 nitrogen and oxygen atoms in total. The van der Waals surface area contributed by atoms with Crippen molar-refractivity contribution in [3.63, 3.8) is 0 Å². The third-order valence-corrected chi connectivity index (χ3v) is 3.38. The molecule has 3 aromatic rings. The lowest BCUT2D eigenvalue weighted by molar-refractivity contribution is 0.573. The van der Waals surface area contributed by atoms with Crippen LogP contribution in [0.25, 0.3) is 11.6 Å². The van der Waals surface area contributed by atoms with Gasteiger partial charge in [0.2, 0.25) is 10.6 Å². The summed E-state index contributed by atoms with van der Waals surface area (Å²) in [6, 6.07) is 11.4. The van der Waals surface area contributed by atoms with Gasteiger partial charge in [-0.2, -0.15) is 9.78 Å². The maximum atomic E-state index is 5.31. The fourth-order valence-electron chi connectivity index (χ4n) is 1.64. The zero-order chi connectivity index (χ0) is 13.9. The van der Waals surface area contributed by atoms with Gasteiger partial charge in [-0.05, 0) is 42.0 Å². The van der Waals surface area contributed by atoms with E-state index in [0.717, 1.165) is 10.0 Å². The SMILES string of the molecule is S=c1[nH]nc(-c2ccco2)n1N=Cc1ccc(Br)cc1. The number of halogens is 1. The molecule has 0 aliphatic rings. The Hall–Kier alpha value is -1.99. The van der Waals surface area contributed by atoms with Crippen LogP contribution in [0.4, 0.5) is 0 Å². The molecule has 0 unspecified atom stereocenters. The van der Waals surface area contributed by atoms with E-state index in [4.69, 9.17) is 16.6 Å². The molecule has 0 atom stereocenters. The molecule has 0 spiro atoms. The van der Waals surface area contributed by atoms with Crippen LogP contribution in [0.1, 0.15) is 5.56 Å². The molecule has 7 heteroatoms. The Balaban J connectivity index is 1.97. The van der Waals surface area contributed by atoms with Gasteiger partial charge >= 0.3 is 0 Å². The number of H-pyrrole nitrogens is 1. The van der Waals surface area contributed by atoms with E-state index in [-0.39, 0.29) is 0 Å². The molecule has 0 aliphatic carbocycles.